The number of aromatic nitrogens is 4. The monoisotopic (exact) mass is 877 g/mol. The molecule has 17 nitrogen and oxygen atoms in total. The maximum atomic E-state index is 13.8. The van der Waals surface area contributed by atoms with E-state index < -0.39 is 41.4 Å². The summed E-state index contributed by atoms with van der Waals surface area (Å²) >= 11 is 0. The van der Waals surface area contributed by atoms with Crippen molar-refractivity contribution in [2.75, 3.05) is 68.5 Å². The quantitative estimate of drug-likeness (QED) is 0.159. The molecule has 0 bridgehead atoms. The summed E-state index contributed by atoms with van der Waals surface area (Å²) in [6.07, 6.45) is 1.63. The number of nitrogen functional groups attached to an aromatic ring is 1. The molecule has 1 unspecified atom stereocenters. The van der Waals surface area contributed by atoms with Crippen LogP contribution in [0.25, 0.3) is 28.0 Å². The molecule has 4 aromatic carbocycles. The fraction of sp³-hybridized carbons (Fsp3) is 0.277. The molecule has 0 saturated carbocycles. The molecule has 10 rings (SSSR count). The lowest BCUT2D eigenvalue weighted by Crippen LogP contribution is -2.55. The first-order valence-electron chi connectivity index (χ1n) is 21.4. The molecule has 2 aromatic heterocycles. The normalized spacial score (nSPS) is 17.9. The van der Waals surface area contributed by atoms with Gasteiger partial charge >= 0.3 is 0 Å². The average Bonchev–Trinajstić information content (AvgIpc) is 3.82. The van der Waals surface area contributed by atoms with Crippen LogP contribution in [0.2, 0.25) is 0 Å². The summed E-state index contributed by atoms with van der Waals surface area (Å²) in [5.41, 5.74) is 12.7. The number of rotatable bonds is 11. The number of ether oxygens (including phenoxy) is 1. The van der Waals surface area contributed by atoms with Gasteiger partial charge in [0.05, 0.1) is 34.9 Å². The van der Waals surface area contributed by atoms with E-state index in [1.165, 1.54) is 25.6 Å². The SMILES string of the molecule is COc1ccc(F)cc1C(=O)NCc1ccc(-c2nn(-c3ccc(N4CC(CN5CCN(c6ccc7c(c6)C(=O)N(C6CCC(=O)NC6=O)C7=O)CC5)C4)cc3)c3ncnc(N)c23)cc1. The van der Waals surface area contributed by atoms with E-state index in [2.05, 4.69) is 47.4 Å². The minimum atomic E-state index is -0.988. The second-order valence-corrected chi connectivity index (χ2v) is 16.7. The Balaban J connectivity index is 0.737. The first-order valence-corrected chi connectivity index (χ1v) is 21.4. The summed E-state index contributed by atoms with van der Waals surface area (Å²) in [5, 5.41) is 10.6. The summed E-state index contributed by atoms with van der Waals surface area (Å²) in [6, 6.07) is 23.9. The van der Waals surface area contributed by atoms with Gasteiger partial charge in [0.15, 0.2) is 5.65 Å². The molecule has 3 fully saturated rings. The minimum absolute atomic E-state index is 0.0803. The zero-order chi connectivity index (χ0) is 44.9. The molecule has 5 amide bonds. The molecule has 4 aliphatic heterocycles. The number of hydrogen-bond donors (Lipinski definition) is 3. The van der Waals surface area contributed by atoms with Crippen molar-refractivity contribution in [1.82, 2.24) is 40.2 Å². The molecule has 6 aromatic rings. The number of fused-ring (bicyclic) bond motifs is 2. The molecule has 18 heteroatoms. The van der Waals surface area contributed by atoms with Gasteiger partial charge in [-0.15, -0.1) is 0 Å². The van der Waals surface area contributed by atoms with Gasteiger partial charge in [0.1, 0.15) is 35.4 Å². The number of amides is 5. The lowest BCUT2D eigenvalue weighted by atomic mass is 9.98. The average molecular weight is 878 g/mol. The van der Waals surface area contributed by atoms with Crippen LogP contribution >= 0.6 is 0 Å². The summed E-state index contributed by atoms with van der Waals surface area (Å²) < 4.78 is 20.8. The fourth-order valence-electron chi connectivity index (χ4n) is 9.18. The number of piperazine rings is 1. The van der Waals surface area contributed by atoms with E-state index in [9.17, 15) is 28.4 Å². The Morgan fingerprint density at radius 3 is 2.31 bits per heavy atom. The largest absolute Gasteiger partial charge is 0.496 e. The van der Waals surface area contributed by atoms with Crippen LogP contribution in [-0.2, 0) is 16.1 Å². The number of imide groups is 2. The number of nitrogens with zero attached hydrogens (tertiary/aromatic N) is 8. The molecule has 0 radical (unpaired) electrons. The molecule has 4 aliphatic rings. The van der Waals surface area contributed by atoms with Crippen LogP contribution in [0.1, 0.15) is 49.5 Å². The predicted octanol–water partition coefficient (Wildman–Crippen LogP) is 3.80. The van der Waals surface area contributed by atoms with Crippen LogP contribution in [0.5, 0.6) is 5.75 Å². The van der Waals surface area contributed by atoms with Crippen molar-refractivity contribution in [1.29, 1.82) is 0 Å². The highest BCUT2D eigenvalue weighted by Gasteiger charge is 2.45. The van der Waals surface area contributed by atoms with Gasteiger partial charge in [-0.1, -0.05) is 24.3 Å². The van der Waals surface area contributed by atoms with Gasteiger partial charge in [-0.3, -0.25) is 39.1 Å². The van der Waals surface area contributed by atoms with Crippen molar-refractivity contribution in [2.45, 2.75) is 25.4 Å². The third-order valence-corrected chi connectivity index (χ3v) is 12.7. The number of methoxy groups -OCH3 is 1. The smallest absolute Gasteiger partial charge is 0.262 e. The third kappa shape index (κ3) is 7.75. The molecule has 6 heterocycles. The van der Waals surface area contributed by atoms with E-state index >= 15 is 0 Å². The topological polar surface area (TPSA) is 201 Å². The Morgan fingerprint density at radius 1 is 0.846 bits per heavy atom. The van der Waals surface area contributed by atoms with Gasteiger partial charge in [-0.05, 0) is 72.6 Å². The van der Waals surface area contributed by atoms with Crippen LogP contribution in [0, 0.1) is 11.7 Å². The van der Waals surface area contributed by atoms with Crippen LogP contribution < -0.4 is 30.9 Å². The lowest BCUT2D eigenvalue weighted by Gasteiger charge is -2.45. The van der Waals surface area contributed by atoms with Gasteiger partial charge in [0.25, 0.3) is 17.7 Å². The molecule has 65 heavy (non-hydrogen) atoms. The molecule has 1 atom stereocenters. The number of nitrogens with one attached hydrogen (secondary N) is 2. The van der Waals surface area contributed by atoms with E-state index in [1.54, 1.807) is 16.8 Å². The Morgan fingerprint density at radius 2 is 1.57 bits per heavy atom. The number of piperidine rings is 1. The van der Waals surface area contributed by atoms with Gasteiger partial charge in [0, 0.05) is 81.6 Å². The van der Waals surface area contributed by atoms with Gasteiger partial charge in [-0.25, -0.2) is 19.0 Å². The number of halogens is 1. The zero-order valence-electron chi connectivity index (χ0n) is 35.4. The number of carbonyl (C=O) groups excluding carboxylic acids is 5. The Bertz CT molecular complexity index is 2890. The summed E-state index contributed by atoms with van der Waals surface area (Å²) in [7, 11) is 1.43. The maximum Gasteiger partial charge on any atom is 0.262 e. The van der Waals surface area contributed by atoms with Crippen molar-refractivity contribution in [2.24, 2.45) is 5.92 Å². The second-order valence-electron chi connectivity index (χ2n) is 16.7. The highest BCUT2D eigenvalue weighted by molar-refractivity contribution is 6.23. The van der Waals surface area contributed by atoms with E-state index in [1.807, 2.05) is 42.5 Å². The van der Waals surface area contributed by atoms with Crippen molar-refractivity contribution >= 4 is 57.8 Å². The number of nitrogens with two attached hydrogens (primary N) is 1. The van der Waals surface area contributed by atoms with Crippen LogP contribution in [0.15, 0.2) is 91.3 Å². The first kappa shape index (κ1) is 41.3. The third-order valence-electron chi connectivity index (χ3n) is 12.7. The molecule has 0 spiro atoms. The highest BCUT2D eigenvalue weighted by atomic mass is 19.1. The molecular weight excluding hydrogens is 834 g/mol. The van der Waals surface area contributed by atoms with E-state index in [4.69, 9.17) is 15.6 Å². The maximum absolute atomic E-state index is 13.8. The first-order chi connectivity index (χ1) is 31.5. The Kier molecular flexibility index (Phi) is 10.6. The van der Waals surface area contributed by atoms with Gasteiger partial charge in [0.2, 0.25) is 11.8 Å². The van der Waals surface area contributed by atoms with Crippen LogP contribution in [0.3, 0.4) is 0 Å². The molecule has 0 aliphatic carbocycles. The van der Waals surface area contributed by atoms with Crippen molar-refractivity contribution in [3.63, 3.8) is 0 Å². The molecule has 4 N–H and O–H groups in total. The summed E-state index contributed by atoms with van der Waals surface area (Å²) in [6.45, 7) is 6.33. The lowest BCUT2D eigenvalue weighted by molar-refractivity contribution is -0.136. The number of hydrogen-bond acceptors (Lipinski definition) is 13. The van der Waals surface area contributed by atoms with Crippen molar-refractivity contribution in [3.05, 3.63) is 119 Å². The van der Waals surface area contributed by atoms with E-state index in [0.717, 1.165) is 85.0 Å². The van der Waals surface area contributed by atoms with Gasteiger partial charge in [-0.2, -0.15) is 5.10 Å². The molecular formula is C47H44FN11O6. The number of benzene rings is 4. The highest BCUT2D eigenvalue weighted by Crippen LogP contribution is 2.34. The predicted molar refractivity (Wildman–Crippen MR) is 238 cm³/mol. The second kappa shape index (κ2) is 16.8. The molecule has 330 valence electrons. The standard InChI is InChI=1S/C47H44FN11O6/c1-65-38-14-6-30(48)20-36(38)44(61)50-22-27-2-4-29(5-3-27)41-40-42(49)51-26-52-43(40)59(54-41)32-9-7-31(8-10-32)57-24-28(25-57)23-55-16-18-56(19-17-55)33-11-12-34-35(21-33)47(64)58(46(34)63)37-13-15-39(60)53-45(37)62/h2-12,14,20-21,26,28,37H,13,15-19,22-25H2,1H3,(H,50,61)(H2,49,51,52)(H,53,60,62). The van der Waals surface area contributed by atoms with E-state index in [-0.39, 0.29) is 36.3 Å². The minimum Gasteiger partial charge on any atom is -0.496 e. The Hall–Kier alpha value is -7.73. The Labute approximate surface area is 371 Å². The number of carbonyl (C=O) groups is 5. The fourth-order valence-corrected chi connectivity index (χ4v) is 9.18. The summed E-state index contributed by atoms with van der Waals surface area (Å²) in [4.78, 5) is 80.3. The van der Waals surface area contributed by atoms with Gasteiger partial charge < -0.3 is 25.6 Å². The van der Waals surface area contributed by atoms with Crippen LogP contribution in [0.4, 0.5) is 21.6 Å². The van der Waals surface area contributed by atoms with E-state index in [0.29, 0.717) is 34.0 Å². The zero-order valence-corrected chi connectivity index (χ0v) is 35.4. The number of anilines is 3. The van der Waals surface area contributed by atoms with Crippen molar-refractivity contribution < 1.29 is 33.1 Å². The van der Waals surface area contributed by atoms with Crippen molar-refractivity contribution in [3.8, 4) is 22.7 Å². The molecule has 3 saturated heterocycles. The summed E-state index contributed by atoms with van der Waals surface area (Å²) in [5.74, 6) is -1.90. The van der Waals surface area contributed by atoms with Crippen LogP contribution in [-0.4, -0.2) is 118 Å².